The van der Waals surface area contributed by atoms with Gasteiger partial charge in [-0.3, -0.25) is 4.79 Å². The number of carbonyl (C=O) groups excluding carboxylic acids is 1. The van der Waals surface area contributed by atoms with Crippen LogP contribution < -0.4 is 11.1 Å². The summed E-state index contributed by atoms with van der Waals surface area (Å²) in [6.07, 6.45) is 2.01. The van der Waals surface area contributed by atoms with Crippen LogP contribution in [0.15, 0.2) is 0 Å². The van der Waals surface area contributed by atoms with Crippen molar-refractivity contribution in [1.29, 1.82) is 0 Å². The fraction of sp³-hybridized carbons (Fsp3) is 0.818. The third-order valence-electron chi connectivity index (χ3n) is 3.16. The topological polar surface area (TPSA) is 64.3 Å². The second-order valence-electron chi connectivity index (χ2n) is 4.37. The molecule has 4 nitrogen and oxygen atoms in total. The summed E-state index contributed by atoms with van der Waals surface area (Å²) in [5.74, 6) is 0.0278. The van der Waals surface area contributed by atoms with Crippen molar-refractivity contribution in [2.24, 2.45) is 17.6 Å². The highest BCUT2D eigenvalue weighted by molar-refractivity contribution is 7.80. The Balaban J connectivity index is 2.40. The first-order chi connectivity index (χ1) is 7.52. The zero-order chi connectivity index (χ0) is 12.1. The Bertz CT molecular complexity index is 265. The van der Waals surface area contributed by atoms with Gasteiger partial charge in [-0.2, -0.15) is 0 Å². The molecule has 0 spiro atoms. The highest BCUT2D eigenvalue weighted by Gasteiger charge is 2.24. The zero-order valence-electron chi connectivity index (χ0n) is 9.86. The van der Waals surface area contributed by atoms with Crippen LogP contribution in [0.25, 0.3) is 0 Å². The lowest BCUT2D eigenvalue weighted by Crippen LogP contribution is -2.44. The number of hydrogen-bond acceptors (Lipinski definition) is 3. The minimum Gasteiger partial charge on any atom is -0.393 e. The van der Waals surface area contributed by atoms with Crippen molar-refractivity contribution in [1.82, 2.24) is 5.32 Å². The summed E-state index contributed by atoms with van der Waals surface area (Å²) in [6.45, 7) is 5.33. The molecule has 1 rings (SSSR count). The van der Waals surface area contributed by atoms with Crippen LogP contribution in [-0.4, -0.2) is 30.2 Å². The van der Waals surface area contributed by atoms with E-state index in [1.54, 1.807) is 6.92 Å². The predicted molar refractivity (Wildman–Crippen MR) is 67.1 cm³/mol. The molecule has 5 heteroatoms. The van der Waals surface area contributed by atoms with E-state index in [1.165, 1.54) is 0 Å². The number of amides is 1. The molecular formula is C11H20N2O2S. The van der Waals surface area contributed by atoms with Crippen LogP contribution >= 0.6 is 12.2 Å². The van der Waals surface area contributed by atoms with E-state index in [1.807, 2.05) is 6.92 Å². The van der Waals surface area contributed by atoms with Gasteiger partial charge in [-0.1, -0.05) is 12.2 Å². The molecule has 1 fully saturated rings. The van der Waals surface area contributed by atoms with E-state index in [4.69, 9.17) is 22.7 Å². The van der Waals surface area contributed by atoms with Crippen LogP contribution in [0.3, 0.4) is 0 Å². The van der Waals surface area contributed by atoms with E-state index < -0.39 is 5.92 Å². The smallest absolute Gasteiger partial charge is 0.229 e. The summed E-state index contributed by atoms with van der Waals surface area (Å²) < 4.78 is 5.29. The van der Waals surface area contributed by atoms with Crippen LogP contribution in [0.5, 0.6) is 0 Å². The van der Waals surface area contributed by atoms with Crippen molar-refractivity contribution in [2.45, 2.75) is 32.7 Å². The number of nitrogens with two attached hydrogens (primary N) is 1. The number of nitrogens with one attached hydrogen (secondary N) is 1. The quantitative estimate of drug-likeness (QED) is 0.719. The maximum atomic E-state index is 11.7. The van der Waals surface area contributed by atoms with Crippen LogP contribution in [0.1, 0.15) is 26.7 Å². The molecule has 0 aromatic carbocycles. The molecule has 0 radical (unpaired) electrons. The Morgan fingerprint density at radius 1 is 1.44 bits per heavy atom. The van der Waals surface area contributed by atoms with Gasteiger partial charge in [0.15, 0.2) is 0 Å². The molecule has 1 aliphatic heterocycles. The van der Waals surface area contributed by atoms with Crippen molar-refractivity contribution >= 4 is 23.1 Å². The second-order valence-corrected chi connectivity index (χ2v) is 4.84. The summed E-state index contributed by atoms with van der Waals surface area (Å²) in [5.41, 5.74) is 5.44. The van der Waals surface area contributed by atoms with Gasteiger partial charge >= 0.3 is 0 Å². The first kappa shape index (κ1) is 13.4. The minimum absolute atomic E-state index is 0.0773. The van der Waals surface area contributed by atoms with Gasteiger partial charge in [0.25, 0.3) is 0 Å². The lowest BCUT2D eigenvalue weighted by molar-refractivity contribution is -0.123. The molecule has 1 amide bonds. The largest absolute Gasteiger partial charge is 0.393 e. The summed E-state index contributed by atoms with van der Waals surface area (Å²) >= 11 is 4.80. The highest BCUT2D eigenvalue weighted by Crippen LogP contribution is 2.18. The van der Waals surface area contributed by atoms with Gasteiger partial charge in [-0.15, -0.1) is 0 Å². The van der Waals surface area contributed by atoms with Gasteiger partial charge in [0.05, 0.1) is 10.9 Å². The number of hydrogen-bond donors (Lipinski definition) is 2. The Kier molecular flexibility index (Phi) is 5.15. The molecule has 1 heterocycles. The number of thiocarbonyl (C=S) groups is 1. The molecule has 0 bridgehead atoms. The first-order valence-corrected chi connectivity index (χ1v) is 6.10. The molecule has 0 saturated carbocycles. The Morgan fingerprint density at radius 3 is 2.50 bits per heavy atom. The second kappa shape index (κ2) is 6.15. The van der Waals surface area contributed by atoms with Crippen LogP contribution in [-0.2, 0) is 9.53 Å². The first-order valence-electron chi connectivity index (χ1n) is 5.69. The lowest BCUT2D eigenvalue weighted by Gasteiger charge is -2.29. The summed E-state index contributed by atoms with van der Waals surface area (Å²) in [5, 5.41) is 2.97. The normalized spacial score (nSPS) is 21.1. The fourth-order valence-electron chi connectivity index (χ4n) is 1.81. The molecular weight excluding hydrogens is 224 g/mol. The van der Waals surface area contributed by atoms with Crippen LogP contribution in [0, 0.1) is 11.8 Å². The molecule has 1 aliphatic rings. The monoisotopic (exact) mass is 244 g/mol. The van der Waals surface area contributed by atoms with E-state index in [9.17, 15) is 4.79 Å². The lowest BCUT2D eigenvalue weighted by atomic mass is 9.92. The Morgan fingerprint density at radius 2 is 2.00 bits per heavy atom. The molecule has 1 saturated heterocycles. The minimum atomic E-state index is -0.391. The average Bonchev–Trinajstić information content (AvgIpc) is 2.28. The molecule has 0 aromatic rings. The van der Waals surface area contributed by atoms with Crippen molar-refractivity contribution in [3.63, 3.8) is 0 Å². The number of carbonyl (C=O) groups is 1. The van der Waals surface area contributed by atoms with Crippen molar-refractivity contribution in [3.8, 4) is 0 Å². The summed E-state index contributed by atoms with van der Waals surface area (Å²) in [4.78, 5) is 12.0. The number of rotatable bonds is 4. The molecule has 92 valence electrons. The summed E-state index contributed by atoms with van der Waals surface area (Å²) in [7, 11) is 0. The predicted octanol–water partition coefficient (Wildman–Crippen LogP) is 0.840. The molecule has 3 N–H and O–H groups in total. The molecule has 2 atom stereocenters. The van der Waals surface area contributed by atoms with Crippen molar-refractivity contribution in [3.05, 3.63) is 0 Å². The van der Waals surface area contributed by atoms with Crippen LogP contribution in [0.4, 0.5) is 0 Å². The molecule has 0 aromatic heterocycles. The van der Waals surface area contributed by atoms with Gasteiger partial charge in [-0.05, 0) is 32.6 Å². The fourth-order valence-corrected chi connectivity index (χ4v) is 1.92. The van der Waals surface area contributed by atoms with E-state index in [0.29, 0.717) is 5.92 Å². The molecule has 0 aliphatic carbocycles. The summed E-state index contributed by atoms with van der Waals surface area (Å²) in [6, 6.07) is 0.160. The standard InChI is InChI=1S/C11H20N2O2S/c1-7(10(12)16)11(14)13-8(2)9-3-5-15-6-4-9/h7-9H,3-6H2,1-2H3,(H2,12,16)(H,13,14). The van der Waals surface area contributed by atoms with E-state index in [0.717, 1.165) is 26.1 Å². The van der Waals surface area contributed by atoms with Gasteiger partial charge in [0.1, 0.15) is 0 Å². The SMILES string of the molecule is CC(C(=O)NC(C)C1CCOCC1)C(N)=S. The third-order valence-corrected chi connectivity index (χ3v) is 3.52. The van der Waals surface area contributed by atoms with Crippen LogP contribution in [0.2, 0.25) is 0 Å². The Labute approximate surface area is 102 Å². The third kappa shape index (κ3) is 3.72. The zero-order valence-corrected chi connectivity index (χ0v) is 10.7. The maximum Gasteiger partial charge on any atom is 0.229 e. The van der Waals surface area contributed by atoms with Gasteiger partial charge in [0.2, 0.25) is 5.91 Å². The average molecular weight is 244 g/mol. The molecule has 2 unspecified atom stereocenters. The van der Waals surface area contributed by atoms with Crippen molar-refractivity contribution < 1.29 is 9.53 Å². The van der Waals surface area contributed by atoms with Gasteiger partial charge in [-0.25, -0.2) is 0 Å². The maximum absolute atomic E-state index is 11.7. The Hall–Kier alpha value is -0.680. The van der Waals surface area contributed by atoms with E-state index in [2.05, 4.69) is 5.32 Å². The molecule has 16 heavy (non-hydrogen) atoms. The van der Waals surface area contributed by atoms with Gasteiger partial charge in [0, 0.05) is 19.3 Å². The van der Waals surface area contributed by atoms with Gasteiger partial charge < -0.3 is 15.8 Å². The number of ether oxygens (including phenoxy) is 1. The van der Waals surface area contributed by atoms with Crippen molar-refractivity contribution in [2.75, 3.05) is 13.2 Å². The van der Waals surface area contributed by atoms with E-state index in [-0.39, 0.29) is 16.9 Å². The highest BCUT2D eigenvalue weighted by atomic mass is 32.1. The van der Waals surface area contributed by atoms with E-state index >= 15 is 0 Å².